The zero-order valence-electron chi connectivity index (χ0n) is 23.4. The van der Waals surface area contributed by atoms with E-state index < -0.39 is 22.5 Å². The molecule has 3 aromatic carbocycles. The lowest BCUT2D eigenvalue weighted by Crippen LogP contribution is -2.40. The Labute approximate surface area is 250 Å². The van der Waals surface area contributed by atoms with Crippen molar-refractivity contribution in [3.8, 4) is 11.5 Å². The van der Waals surface area contributed by atoms with Crippen LogP contribution in [0.1, 0.15) is 29.7 Å². The van der Waals surface area contributed by atoms with Crippen LogP contribution in [0, 0.1) is 10.1 Å². The number of nitro benzene ring substituents is 1. The summed E-state index contributed by atoms with van der Waals surface area (Å²) in [7, 11) is 1.51. The summed E-state index contributed by atoms with van der Waals surface area (Å²) in [5.41, 5.74) is 1.76. The second-order valence-corrected chi connectivity index (χ2v) is 10.5. The Morgan fingerprint density at radius 1 is 1.12 bits per heavy atom. The van der Waals surface area contributed by atoms with Crippen LogP contribution in [0.25, 0.3) is 6.08 Å². The van der Waals surface area contributed by atoms with Gasteiger partial charge in [-0.15, -0.1) is 0 Å². The van der Waals surface area contributed by atoms with E-state index in [0.717, 1.165) is 16.9 Å². The van der Waals surface area contributed by atoms with Gasteiger partial charge < -0.3 is 14.2 Å². The predicted molar refractivity (Wildman–Crippen MR) is 162 cm³/mol. The number of fused-ring (bicyclic) bond motifs is 1. The fourth-order valence-corrected chi connectivity index (χ4v) is 5.77. The number of methoxy groups -OCH3 is 1. The standard InChI is InChI=1S/C32H27N3O7S/c1-4-16-41-31(37)28-20(2)33-32-34(30(36)27(43-32)18-22-12-8-9-13-24(22)35(38)39)29(28)23-14-15-25(26(17-23)40-3)42-19-21-10-6-5-7-11-21/h4-15,17-18,29H,1,16,19H2,2-3H3. The molecular weight excluding hydrogens is 570 g/mol. The summed E-state index contributed by atoms with van der Waals surface area (Å²) in [4.78, 5) is 43.2. The van der Waals surface area contributed by atoms with Gasteiger partial charge in [0.15, 0.2) is 16.3 Å². The highest BCUT2D eigenvalue weighted by Gasteiger charge is 2.34. The molecule has 0 fully saturated rings. The minimum absolute atomic E-state index is 0.0278. The summed E-state index contributed by atoms with van der Waals surface area (Å²) in [6.07, 6.45) is 2.92. The molecule has 0 radical (unpaired) electrons. The number of hydrogen-bond donors (Lipinski definition) is 0. The number of nitro groups is 1. The summed E-state index contributed by atoms with van der Waals surface area (Å²) < 4.78 is 18.7. The van der Waals surface area contributed by atoms with Crippen molar-refractivity contribution in [3.05, 3.63) is 143 Å². The Hall–Kier alpha value is -5.29. The average Bonchev–Trinajstić information content (AvgIpc) is 3.32. The number of nitrogens with zero attached hydrogens (tertiary/aromatic N) is 3. The molecule has 2 heterocycles. The van der Waals surface area contributed by atoms with Crippen LogP contribution in [0.2, 0.25) is 0 Å². The van der Waals surface area contributed by atoms with Crippen LogP contribution in [-0.2, 0) is 16.1 Å². The molecule has 0 saturated carbocycles. The maximum atomic E-state index is 13.9. The van der Waals surface area contributed by atoms with Gasteiger partial charge in [-0.25, -0.2) is 9.79 Å². The molecule has 4 aromatic rings. The SMILES string of the molecule is C=CCOC(=O)C1=C(C)N=c2sc(=Cc3ccccc3[N+](=O)[O-])c(=O)n2C1c1ccc(OCc2ccccc2)c(OC)c1. The van der Waals surface area contributed by atoms with Crippen molar-refractivity contribution in [3.63, 3.8) is 0 Å². The van der Waals surface area contributed by atoms with Gasteiger partial charge in [0, 0.05) is 6.07 Å². The second kappa shape index (κ2) is 12.7. The molecule has 5 rings (SSSR count). The fourth-order valence-electron chi connectivity index (χ4n) is 4.74. The Bertz CT molecular complexity index is 1930. The van der Waals surface area contributed by atoms with E-state index in [4.69, 9.17) is 14.2 Å². The summed E-state index contributed by atoms with van der Waals surface area (Å²) >= 11 is 1.08. The molecule has 0 amide bonds. The van der Waals surface area contributed by atoms with Gasteiger partial charge in [-0.05, 0) is 42.3 Å². The first-order valence-electron chi connectivity index (χ1n) is 13.2. The molecule has 1 unspecified atom stereocenters. The van der Waals surface area contributed by atoms with Gasteiger partial charge in [0.05, 0.1) is 39.4 Å². The van der Waals surface area contributed by atoms with Crippen LogP contribution >= 0.6 is 11.3 Å². The summed E-state index contributed by atoms with van der Waals surface area (Å²) in [6, 6.07) is 20.1. The number of benzene rings is 3. The lowest BCUT2D eigenvalue weighted by atomic mass is 9.95. The Morgan fingerprint density at radius 3 is 2.58 bits per heavy atom. The predicted octanol–water partition coefficient (Wildman–Crippen LogP) is 4.46. The minimum Gasteiger partial charge on any atom is -0.493 e. The monoisotopic (exact) mass is 597 g/mol. The number of ether oxygens (including phenoxy) is 3. The number of thiazole rings is 1. The van der Waals surface area contributed by atoms with Crippen molar-refractivity contribution in [2.45, 2.75) is 19.6 Å². The number of carbonyl (C=O) groups is 1. The van der Waals surface area contributed by atoms with Crippen molar-refractivity contribution < 1.29 is 23.9 Å². The quantitative estimate of drug-likeness (QED) is 0.115. The molecule has 1 aliphatic heterocycles. The largest absolute Gasteiger partial charge is 0.493 e. The molecule has 0 bridgehead atoms. The van der Waals surface area contributed by atoms with Gasteiger partial charge in [0.2, 0.25) is 0 Å². The molecule has 0 saturated heterocycles. The zero-order chi connectivity index (χ0) is 30.5. The van der Waals surface area contributed by atoms with Crippen LogP contribution in [0.4, 0.5) is 5.69 Å². The fraction of sp³-hybridized carbons (Fsp3) is 0.156. The van der Waals surface area contributed by atoms with Crippen LogP contribution in [0.15, 0.2) is 107 Å². The smallest absolute Gasteiger partial charge is 0.338 e. The summed E-state index contributed by atoms with van der Waals surface area (Å²) in [6.45, 7) is 5.57. The second-order valence-electron chi connectivity index (χ2n) is 9.47. The maximum absolute atomic E-state index is 13.9. The number of carbonyl (C=O) groups excluding carboxylic acids is 1. The third-order valence-electron chi connectivity index (χ3n) is 6.73. The van der Waals surface area contributed by atoms with Crippen LogP contribution < -0.4 is 24.4 Å². The highest BCUT2D eigenvalue weighted by atomic mass is 32.1. The molecule has 1 atom stereocenters. The Kier molecular flexibility index (Phi) is 8.63. The van der Waals surface area contributed by atoms with Crippen LogP contribution in [0.5, 0.6) is 11.5 Å². The summed E-state index contributed by atoms with van der Waals surface area (Å²) in [5, 5.41) is 11.6. The van der Waals surface area contributed by atoms with Crippen molar-refractivity contribution >= 4 is 29.1 Å². The van der Waals surface area contributed by atoms with Crippen molar-refractivity contribution in [1.29, 1.82) is 0 Å². The van der Waals surface area contributed by atoms with E-state index in [0.29, 0.717) is 34.2 Å². The zero-order valence-corrected chi connectivity index (χ0v) is 24.2. The highest BCUT2D eigenvalue weighted by Crippen LogP contribution is 2.36. The van der Waals surface area contributed by atoms with Crippen LogP contribution in [0.3, 0.4) is 0 Å². The van der Waals surface area contributed by atoms with Crippen molar-refractivity contribution in [1.82, 2.24) is 4.57 Å². The van der Waals surface area contributed by atoms with E-state index in [9.17, 15) is 19.7 Å². The first-order chi connectivity index (χ1) is 20.8. The Morgan fingerprint density at radius 2 is 1.86 bits per heavy atom. The van der Waals surface area contributed by atoms with Gasteiger partial charge in [-0.3, -0.25) is 19.5 Å². The van der Waals surface area contributed by atoms with E-state index in [-0.39, 0.29) is 28.0 Å². The average molecular weight is 598 g/mol. The molecule has 43 heavy (non-hydrogen) atoms. The van der Waals surface area contributed by atoms with Crippen molar-refractivity contribution in [2.75, 3.05) is 13.7 Å². The summed E-state index contributed by atoms with van der Waals surface area (Å²) in [5.74, 6) is 0.238. The van der Waals surface area contributed by atoms with Crippen LogP contribution in [-0.4, -0.2) is 29.2 Å². The molecule has 0 spiro atoms. The molecule has 11 heteroatoms. The molecule has 218 valence electrons. The lowest BCUT2D eigenvalue weighted by molar-refractivity contribution is -0.385. The molecule has 1 aromatic heterocycles. The third kappa shape index (κ3) is 6.02. The Balaban J connectivity index is 1.64. The van der Waals surface area contributed by atoms with Gasteiger partial charge >= 0.3 is 5.97 Å². The van der Waals surface area contributed by atoms with Gasteiger partial charge in [-0.1, -0.05) is 72.5 Å². The molecular formula is C32H27N3O7S. The highest BCUT2D eigenvalue weighted by molar-refractivity contribution is 7.07. The minimum atomic E-state index is -0.918. The molecule has 1 aliphatic rings. The number of hydrogen-bond acceptors (Lipinski definition) is 9. The number of rotatable bonds is 10. The number of esters is 1. The topological polar surface area (TPSA) is 122 Å². The maximum Gasteiger partial charge on any atom is 0.338 e. The van der Waals surface area contributed by atoms with E-state index in [1.807, 2.05) is 30.3 Å². The van der Waals surface area contributed by atoms with E-state index >= 15 is 0 Å². The van der Waals surface area contributed by atoms with E-state index in [2.05, 4.69) is 11.6 Å². The van der Waals surface area contributed by atoms with Gasteiger partial charge in [-0.2, -0.15) is 0 Å². The number of para-hydroxylation sites is 1. The van der Waals surface area contributed by atoms with E-state index in [1.54, 1.807) is 43.3 Å². The van der Waals surface area contributed by atoms with Gasteiger partial charge in [0.25, 0.3) is 11.2 Å². The van der Waals surface area contributed by atoms with Crippen molar-refractivity contribution in [2.24, 2.45) is 4.99 Å². The number of allylic oxidation sites excluding steroid dienone is 1. The first kappa shape index (κ1) is 29.2. The third-order valence-corrected chi connectivity index (χ3v) is 7.72. The molecule has 10 nitrogen and oxygen atoms in total. The molecule has 0 N–H and O–H groups in total. The normalized spacial score (nSPS) is 14.5. The number of aromatic nitrogens is 1. The lowest BCUT2D eigenvalue weighted by Gasteiger charge is -2.25. The van der Waals surface area contributed by atoms with Gasteiger partial charge in [0.1, 0.15) is 13.2 Å². The first-order valence-corrected chi connectivity index (χ1v) is 14.0. The van der Waals surface area contributed by atoms with E-state index in [1.165, 1.54) is 29.9 Å². The molecule has 0 aliphatic carbocycles.